The van der Waals surface area contributed by atoms with Gasteiger partial charge in [0.25, 0.3) is 0 Å². The number of nitrogens with zero attached hydrogens (tertiary/aromatic N) is 5. The van der Waals surface area contributed by atoms with Crippen LogP contribution in [0.15, 0.2) is 42.6 Å². The van der Waals surface area contributed by atoms with Gasteiger partial charge in [-0.05, 0) is 31.0 Å². The van der Waals surface area contributed by atoms with Crippen molar-refractivity contribution < 1.29 is 17.9 Å². The van der Waals surface area contributed by atoms with Gasteiger partial charge >= 0.3 is 0 Å². The Bertz CT molecular complexity index is 1060. The number of hydrogen-bond acceptors (Lipinski definition) is 7. The third kappa shape index (κ3) is 5.50. The highest BCUT2D eigenvalue weighted by Crippen LogP contribution is 2.24. The quantitative estimate of drug-likeness (QED) is 0.570. The molecule has 1 aliphatic rings. The van der Waals surface area contributed by atoms with Crippen molar-refractivity contribution in [2.45, 2.75) is 38.9 Å². The second-order valence-electron chi connectivity index (χ2n) is 7.78. The molecule has 1 N–H and O–H groups in total. The van der Waals surface area contributed by atoms with Crippen LogP contribution in [0.4, 0.5) is 30.8 Å². The number of anilines is 3. The van der Waals surface area contributed by atoms with E-state index in [-0.39, 0.29) is 30.4 Å². The highest BCUT2D eigenvalue weighted by molar-refractivity contribution is 5.67. The summed E-state index contributed by atoms with van der Waals surface area (Å²) in [7, 11) is 0. The van der Waals surface area contributed by atoms with E-state index in [1.165, 1.54) is 6.07 Å². The Morgan fingerprint density at radius 3 is 2.44 bits per heavy atom. The molecule has 1 aliphatic heterocycles. The Hall–Kier alpha value is -3.27. The number of halogens is 3. The molecule has 0 bridgehead atoms. The van der Waals surface area contributed by atoms with Gasteiger partial charge in [-0.15, -0.1) is 5.10 Å². The lowest BCUT2D eigenvalue weighted by Crippen LogP contribution is -2.46. The monoisotopic (exact) mass is 444 g/mol. The minimum atomic E-state index is -2.39. The van der Waals surface area contributed by atoms with Gasteiger partial charge in [0, 0.05) is 31.1 Å². The zero-order chi connectivity index (χ0) is 22.7. The zero-order valence-corrected chi connectivity index (χ0v) is 17.7. The van der Waals surface area contributed by atoms with Gasteiger partial charge in [-0.25, -0.2) is 8.78 Å². The van der Waals surface area contributed by atoms with Crippen LogP contribution in [0.3, 0.4) is 0 Å². The van der Waals surface area contributed by atoms with Crippen LogP contribution in [-0.4, -0.2) is 51.9 Å². The fraction of sp³-hybridized carbons (Fsp3) is 0.364. The van der Waals surface area contributed by atoms with Crippen LogP contribution in [0.25, 0.3) is 11.1 Å². The first-order valence-corrected chi connectivity index (χ1v) is 10.3. The van der Waals surface area contributed by atoms with Crippen LogP contribution >= 0.6 is 0 Å². The third-order valence-corrected chi connectivity index (χ3v) is 4.97. The molecule has 0 saturated carbocycles. The number of alkyl halides is 2. The molecular formula is C22H23F3N6O. The van der Waals surface area contributed by atoms with Crippen molar-refractivity contribution in [3.05, 3.63) is 54.1 Å². The molecule has 0 amide bonds. The molecule has 0 spiro atoms. The van der Waals surface area contributed by atoms with E-state index in [2.05, 4.69) is 25.5 Å². The maximum absolute atomic E-state index is 14.2. The standard InChI is InChI=1S/C22H23F3N6O/c1-13-11-31(12-14(2)32-13)22-27-19(25)9-20(29-22)28-21-8-17(10-26-30-21)16-5-3-15(4-6-16)7-18(23)24/h3-6,8-10,13-14,18H,7,11-12H2,1-2H3,(H,27,28,29,30)/t13-,14+. The van der Waals surface area contributed by atoms with E-state index in [1.54, 1.807) is 36.5 Å². The van der Waals surface area contributed by atoms with Crippen molar-refractivity contribution in [2.75, 3.05) is 23.3 Å². The topological polar surface area (TPSA) is 76.1 Å². The number of aromatic nitrogens is 4. The normalized spacial score (nSPS) is 18.8. The fourth-order valence-electron chi connectivity index (χ4n) is 3.68. The molecule has 1 fully saturated rings. The maximum Gasteiger partial charge on any atom is 0.242 e. The van der Waals surface area contributed by atoms with Crippen LogP contribution < -0.4 is 10.2 Å². The molecule has 0 unspecified atom stereocenters. The van der Waals surface area contributed by atoms with Gasteiger partial charge in [0.05, 0.1) is 18.4 Å². The Balaban J connectivity index is 1.53. The summed E-state index contributed by atoms with van der Waals surface area (Å²) in [5.74, 6) is 0.223. The Morgan fingerprint density at radius 2 is 1.75 bits per heavy atom. The SMILES string of the molecule is C[C@@H]1CN(c2nc(F)cc(Nc3cc(-c4ccc(CC(F)F)cc4)cnn3)n2)C[C@H](C)O1. The summed E-state index contributed by atoms with van der Waals surface area (Å²) in [5.41, 5.74) is 2.09. The number of nitrogens with one attached hydrogen (secondary N) is 1. The summed E-state index contributed by atoms with van der Waals surface area (Å²) in [4.78, 5) is 10.2. The van der Waals surface area contributed by atoms with Gasteiger partial charge in [0.1, 0.15) is 5.82 Å². The molecule has 3 aromatic rings. The largest absolute Gasteiger partial charge is 0.372 e. The van der Waals surface area contributed by atoms with E-state index >= 15 is 0 Å². The first-order chi connectivity index (χ1) is 15.4. The van der Waals surface area contributed by atoms with Crippen LogP contribution in [-0.2, 0) is 11.2 Å². The van der Waals surface area contributed by atoms with E-state index in [0.717, 1.165) is 11.1 Å². The number of morpholine rings is 1. The zero-order valence-electron chi connectivity index (χ0n) is 17.7. The molecule has 1 aromatic carbocycles. The fourth-order valence-corrected chi connectivity index (χ4v) is 3.68. The van der Waals surface area contributed by atoms with Gasteiger partial charge in [-0.2, -0.15) is 19.5 Å². The first kappa shape index (κ1) is 21.9. The van der Waals surface area contributed by atoms with E-state index in [1.807, 2.05) is 18.7 Å². The Kier molecular flexibility index (Phi) is 6.50. The average molecular weight is 444 g/mol. The summed E-state index contributed by atoms with van der Waals surface area (Å²) >= 11 is 0. The molecule has 7 nitrogen and oxygen atoms in total. The van der Waals surface area contributed by atoms with Crippen molar-refractivity contribution in [3.63, 3.8) is 0 Å². The molecule has 2 aromatic heterocycles. The summed E-state index contributed by atoms with van der Waals surface area (Å²) in [6, 6.07) is 9.73. The second kappa shape index (κ2) is 9.47. The molecule has 4 rings (SSSR count). The van der Waals surface area contributed by atoms with Gasteiger partial charge in [0.15, 0.2) is 5.82 Å². The van der Waals surface area contributed by atoms with Crippen molar-refractivity contribution in [1.29, 1.82) is 0 Å². The number of ether oxygens (including phenoxy) is 1. The molecule has 0 aliphatic carbocycles. The van der Waals surface area contributed by atoms with Crippen molar-refractivity contribution in [1.82, 2.24) is 20.2 Å². The lowest BCUT2D eigenvalue weighted by Gasteiger charge is -2.35. The number of hydrogen-bond donors (Lipinski definition) is 1. The summed E-state index contributed by atoms with van der Waals surface area (Å²) in [5, 5.41) is 11.0. The van der Waals surface area contributed by atoms with Crippen molar-refractivity contribution >= 4 is 17.6 Å². The number of benzene rings is 1. The lowest BCUT2D eigenvalue weighted by molar-refractivity contribution is -0.00576. The van der Waals surface area contributed by atoms with E-state index in [0.29, 0.717) is 24.5 Å². The van der Waals surface area contributed by atoms with E-state index in [9.17, 15) is 13.2 Å². The Morgan fingerprint density at radius 1 is 1.03 bits per heavy atom. The summed E-state index contributed by atoms with van der Waals surface area (Å²) in [6.07, 6.45) is -1.14. The maximum atomic E-state index is 14.2. The van der Waals surface area contributed by atoms with Crippen LogP contribution in [0.2, 0.25) is 0 Å². The van der Waals surface area contributed by atoms with E-state index < -0.39 is 12.4 Å². The molecule has 2 atom stereocenters. The number of rotatable bonds is 6. The van der Waals surface area contributed by atoms with Crippen molar-refractivity contribution in [3.8, 4) is 11.1 Å². The molecule has 3 heterocycles. The smallest absolute Gasteiger partial charge is 0.242 e. The van der Waals surface area contributed by atoms with E-state index in [4.69, 9.17) is 4.74 Å². The minimum absolute atomic E-state index is 0.0170. The molecular weight excluding hydrogens is 421 g/mol. The van der Waals surface area contributed by atoms with Gasteiger partial charge in [-0.1, -0.05) is 24.3 Å². The lowest BCUT2D eigenvalue weighted by atomic mass is 10.0. The molecule has 0 radical (unpaired) electrons. The second-order valence-corrected chi connectivity index (χ2v) is 7.78. The average Bonchev–Trinajstić information content (AvgIpc) is 2.73. The van der Waals surface area contributed by atoms with Gasteiger partial charge in [-0.3, -0.25) is 0 Å². The van der Waals surface area contributed by atoms with Gasteiger partial charge < -0.3 is 15.0 Å². The minimum Gasteiger partial charge on any atom is -0.372 e. The Labute approximate surface area is 183 Å². The molecule has 1 saturated heterocycles. The highest BCUT2D eigenvalue weighted by Gasteiger charge is 2.25. The molecule has 32 heavy (non-hydrogen) atoms. The predicted octanol–water partition coefficient (Wildman–Crippen LogP) is 4.24. The van der Waals surface area contributed by atoms with Crippen LogP contribution in [0, 0.1) is 5.95 Å². The molecule has 10 heteroatoms. The first-order valence-electron chi connectivity index (χ1n) is 10.3. The third-order valence-electron chi connectivity index (χ3n) is 4.97. The molecule has 168 valence electrons. The van der Waals surface area contributed by atoms with Crippen LogP contribution in [0.1, 0.15) is 19.4 Å². The van der Waals surface area contributed by atoms with Gasteiger partial charge in [0.2, 0.25) is 18.3 Å². The highest BCUT2D eigenvalue weighted by atomic mass is 19.3. The van der Waals surface area contributed by atoms with Crippen molar-refractivity contribution in [2.24, 2.45) is 0 Å². The summed E-state index contributed by atoms with van der Waals surface area (Å²) in [6.45, 7) is 5.01. The van der Waals surface area contributed by atoms with Crippen LogP contribution in [0.5, 0.6) is 0 Å². The summed E-state index contributed by atoms with van der Waals surface area (Å²) < 4.78 is 45.0. The predicted molar refractivity (Wildman–Crippen MR) is 115 cm³/mol.